The third-order valence-electron chi connectivity index (χ3n) is 5.38. The molecular weight excluding hydrogens is 384 g/mol. The van der Waals surface area contributed by atoms with Crippen molar-refractivity contribution >= 4 is 0 Å². The Morgan fingerprint density at radius 2 is 1.43 bits per heavy atom. The summed E-state index contributed by atoms with van der Waals surface area (Å²) in [6.45, 7) is 9.08. The highest BCUT2D eigenvalue weighted by molar-refractivity contribution is 5.50. The molecule has 3 aliphatic rings. The molecule has 30 heavy (non-hydrogen) atoms. The second-order valence-electron chi connectivity index (χ2n) is 8.02. The predicted octanol–water partition coefficient (Wildman–Crippen LogP) is 5.85. The van der Waals surface area contributed by atoms with Crippen LogP contribution in [-0.4, -0.2) is 25.3 Å². The van der Waals surface area contributed by atoms with Gasteiger partial charge in [0.25, 0.3) is 0 Å². The standard InChI is InChI=1S/C14H10O5.C10H18O/c1-3-11-13(17-7-15-11)5-9(1)19-10-2-4-12-14(6-10)18-8-16-12;1-5-8(2)6-7-9-10(3,4)11-9/h1-6H,7-8H2;5,9H,6-7H2,1-4H3. The smallest absolute Gasteiger partial charge is 0.231 e. The average Bonchev–Trinajstić information content (AvgIpc) is 3.13. The van der Waals surface area contributed by atoms with Gasteiger partial charge in [0, 0.05) is 12.1 Å². The Kier molecular flexibility index (Phi) is 5.77. The summed E-state index contributed by atoms with van der Waals surface area (Å²) < 4.78 is 32.3. The van der Waals surface area contributed by atoms with Gasteiger partial charge in [-0.2, -0.15) is 0 Å². The largest absolute Gasteiger partial charge is 0.457 e. The molecule has 0 spiro atoms. The first-order chi connectivity index (χ1) is 14.4. The Bertz CT molecular complexity index is 878. The first kappa shape index (κ1) is 20.4. The van der Waals surface area contributed by atoms with E-state index < -0.39 is 0 Å². The topological polar surface area (TPSA) is 58.7 Å². The van der Waals surface area contributed by atoms with Crippen LogP contribution in [0, 0.1) is 0 Å². The molecule has 2 aromatic carbocycles. The lowest BCUT2D eigenvalue weighted by Crippen LogP contribution is -2.02. The second-order valence-corrected chi connectivity index (χ2v) is 8.02. The lowest BCUT2D eigenvalue weighted by Gasteiger charge is -2.07. The number of benzene rings is 2. The number of hydrogen-bond donors (Lipinski definition) is 0. The summed E-state index contributed by atoms with van der Waals surface area (Å²) in [6, 6.07) is 10.9. The van der Waals surface area contributed by atoms with Crippen LogP contribution in [0.4, 0.5) is 0 Å². The van der Waals surface area contributed by atoms with Gasteiger partial charge in [0.05, 0.1) is 11.7 Å². The minimum atomic E-state index is 0.175. The van der Waals surface area contributed by atoms with Crippen molar-refractivity contribution in [3.05, 3.63) is 48.0 Å². The molecule has 0 N–H and O–H groups in total. The molecular formula is C24H28O6. The molecule has 5 rings (SSSR count). The van der Waals surface area contributed by atoms with Crippen molar-refractivity contribution in [3.63, 3.8) is 0 Å². The lowest BCUT2D eigenvalue weighted by atomic mass is 10.0. The van der Waals surface area contributed by atoms with E-state index in [2.05, 4.69) is 33.8 Å². The molecule has 0 saturated carbocycles. The van der Waals surface area contributed by atoms with Crippen LogP contribution in [0.15, 0.2) is 48.0 Å². The highest BCUT2D eigenvalue weighted by Crippen LogP contribution is 2.40. The molecule has 0 aliphatic carbocycles. The van der Waals surface area contributed by atoms with E-state index >= 15 is 0 Å². The molecule has 2 aromatic rings. The molecule has 1 atom stereocenters. The molecule has 0 amide bonds. The summed E-state index contributed by atoms with van der Waals surface area (Å²) in [6.07, 6.45) is 5.06. The quantitative estimate of drug-likeness (QED) is 0.454. The fourth-order valence-electron chi connectivity index (χ4n) is 3.26. The van der Waals surface area contributed by atoms with Crippen molar-refractivity contribution in [2.24, 2.45) is 0 Å². The number of epoxide rings is 1. The van der Waals surface area contributed by atoms with Crippen molar-refractivity contribution < 1.29 is 28.4 Å². The first-order valence-electron chi connectivity index (χ1n) is 10.2. The van der Waals surface area contributed by atoms with Crippen LogP contribution in [-0.2, 0) is 4.74 Å². The van der Waals surface area contributed by atoms with Crippen LogP contribution in [0.25, 0.3) is 0 Å². The third kappa shape index (κ3) is 4.82. The maximum Gasteiger partial charge on any atom is 0.231 e. The van der Waals surface area contributed by atoms with Crippen molar-refractivity contribution in [1.82, 2.24) is 0 Å². The molecule has 160 valence electrons. The van der Waals surface area contributed by atoms with E-state index in [1.807, 2.05) is 24.3 Å². The number of allylic oxidation sites excluding steroid dienone is 2. The Morgan fingerprint density at radius 1 is 0.933 bits per heavy atom. The minimum Gasteiger partial charge on any atom is -0.457 e. The maximum absolute atomic E-state index is 5.76. The number of rotatable bonds is 5. The van der Waals surface area contributed by atoms with Crippen molar-refractivity contribution in [2.45, 2.75) is 52.2 Å². The van der Waals surface area contributed by atoms with E-state index in [0.717, 1.165) is 11.5 Å². The first-order valence-corrected chi connectivity index (χ1v) is 10.2. The highest BCUT2D eigenvalue weighted by atomic mass is 16.7. The Labute approximate surface area is 177 Å². The summed E-state index contributed by atoms with van der Waals surface area (Å²) in [4.78, 5) is 0. The molecule has 1 unspecified atom stereocenters. The molecule has 1 saturated heterocycles. The molecule has 6 heteroatoms. The molecule has 0 radical (unpaired) electrons. The molecule has 6 nitrogen and oxygen atoms in total. The predicted molar refractivity (Wildman–Crippen MR) is 113 cm³/mol. The van der Waals surface area contributed by atoms with Gasteiger partial charge in [-0.3, -0.25) is 0 Å². The number of hydrogen-bond acceptors (Lipinski definition) is 6. The third-order valence-corrected chi connectivity index (χ3v) is 5.38. The Balaban J connectivity index is 0.000000170. The Hall–Kier alpha value is -2.86. The van der Waals surface area contributed by atoms with Crippen LogP contribution < -0.4 is 23.7 Å². The summed E-state index contributed by atoms with van der Waals surface area (Å²) in [5, 5.41) is 0. The molecule has 3 aliphatic heterocycles. The highest BCUT2D eigenvalue weighted by Gasteiger charge is 2.46. The molecule has 0 bridgehead atoms. The fraction of sp³-hybridized carbons (Fsp3) is 0.417. The average molecular weight is 412 g/mol. The van der Waals surface area contributed by atoms with E-state index in [0.29, 0.717) is 29.1 Å². The van der Waals surface area contributed by atoms with Gasteiger partial charge in [-0.25, -0.2) is 0 Å². The zero-order chi connectivity index (χ0) is 21.1. The fourth-order valence-corrected chi connectivity index (χ4v) is 3.26. The van der Waals surface area contributed by atoms with Gasteiger partial charge in [-0.15, -0.1) is 0 Å². The second kappa shape index (κ2) is 8.48. The van der Waals surface area contributed by atoms with Gasteiger partial charge in [0.1, 0.15) is 11.5 Å². The zero-order valence-electron chi connectivity index (χ0n) is 17.9. The van der Waals surface area contributed by atoms with E-state index in [-0.39, 0.29) is 19.2 Å². The van der Waals surface area contributed by atoms with Crippen molar-refractivity contribution in [2.75, 3.05) is 13.6 Å². The van der Waals surface area contributed by atoms with Gasteiger partial charge >= 0.3 is 0 Å². The van der Waals surface area contributed by atoms with Crippen LogP contribution in [0.1, 0.15) is 40.5 Å². The van der Waals surface area contributed by atoms with Gasteiger partial charge < -0.3 is 28.4 Å². The summed E-state index contributed by atoms with van der Waals surface area (Å²) in [7, 11) is 0. The Morgan fingerprint density at radius 3 is 1.90 bits per heavy atom. The lowest BCUT2D eigenvalue weighted by molar-refractivity contribution is 0.173. The molecule has 1 fully saturated rings. The maximum atomic E-state index is 5.76. The molecule has 0 aromatic heterocycles. The van der Waals surface area contributed by atoms with E-state index in [9.17, 15) is 0 Å². The monoisotopic (exact) mass is 412 g/mol. The van der Waals surface area contributed by atoms with E-state index in [4.69, 9.17) is 28.4 Å². The normalized spacial score (nSPS) is 19.7. The summed E-state index contributed by atoms with van der Waals surface area (Å²) in [5.74, 6) is 4.22. The van der Waals surface area contributed by atoms with Gasteiger partial charge in [0.2, 0.25) is 13.6 Å². The van der Waals surface area contributed by atoms with Crippen LogP contribution in [0.2, 0.25) is 0 Å². The van der Waals surface area contributed by atoms with E-state index in [1.54, 1.807) is 12.1 Å². The van der Waals surface area contributed by atoms with Gasteiger partial charge in [-0.05, 0) is 64.8 Å². The number of ether oxygens (including phenoxy) is 6. The SMILES string of the molecule is CC=C(C)CCC1OC1(C)C.c1cc2c(cc1Oc1ccc3c(c1)OCO3)OCO2. The van der Waals surface area contributed by atoms with Crippen LogP contribution >= 0.6 is 0 Å². The molecule has 3 heterocycles. The van der Waals surface area contributed by atoms with Crippen molar-refractivity contribution in [1.29, 1.82) is 0 Å². The zero-order valence-corrected chi connectivity index (χ0v) is 17.9. The van der Waals surface area contributed by atoms with Crippen LogP contribution in [0.3, 0.4) is 0 Å². The van der Waals surface area contributed by atoms with Gasteiger partial charge in [0.15, 0.2) is 23.0 Å². The summed E-state index contributed by atoms with van der Waals surface area (Å²) >= 11 is 0. The van der Waals surface area contributed by atoms with Crippen molar-refractivity contribution in [3.8, 4) is 34.5 Å². The minimum absolute atomic E-state index is 0.175. The summed E-state index contributed by atoms with van der Waals surface area (Å²) in [5.41, 5.74) is 1.64. The van der Waals surface area contributed by atoms with Crippen LogP contribution in [0.5, 0.6) is 34.5 Å². The van der Waals surface area contributed by atoms with E-state index in [1.165, 1.54) is 18.4 Å². The van der Waals surface area contributed by atoms with Gasteiger partial charge in [-0.1, -0.05) is 11.6 Å². The number of fused-ring (bicyclic) bond motifs is 2.